The smallest absolute Gasteiger partial charge is 0.132 e. The molecule has 0 N–H and O–H groups in total. The molecule has 0 atom stereocenters. The van der Waals surface area contributed by atoms with Gasteiger partial charge in [-0.3, -0.25) is 0 Å². The highest BCUT2D eigenvalue weighted by atomic mass is 32.2. The van der Waals surface area contributed by atoms with E-state index in [-0.39, 0.29) is 0 Å². The monoisotopic (exact) mass is 769 g/mol. The van der Waals surface area contributed by atoms with Crippen LogP contribution in [0.2, 0.25) is 0 Å². The normalized spacial score (nSPS) is 14.8. The molecule has 59 heavy (non-hydrogen) atoms. The number of hydrogen-bond acceptors (Lipinski definition) is 3. The molecule has 2 nitrogen and oxygen atoms in total. The predicted molar refractivity (Wildman–Crippen MR) is 240 cm³/mol. The van der Waals surface area contributed by atoms with Gasteiger partial charge in [0.15, 0.2) is 0 Å². The highest BCUT2D eigenvalue weighted by Crippen LogP contribution is 2.64. The van der Waals surface area contributed by atoms with Crippen molar-refractivity contribution < 1.29 is 4.74 Å². The van der Waals surface area contributed by atoms with Crippen molar-refractivity contribution in [3.63, 3.8) is 0 Å². The summed E-state index contributed by atoms with van der Waals surface area (Å²) in [6.07, 6.45) is 0. The van der Waals surface area contributed by atoms with E-state index in [1.165, 1.54) is 65.4 Å². The van der Waals surface area contributed by atoms with Crippen LogP contribution in [0.25, 0.3) is 22.3 Å². The summed E-state index contributed by atoms with van der Waals surface area (Å²) in [4.78, 5) is 5.07. The molecule has 0 bridgehead atoms. The molecule has 13 rings (SSSR count). The van der Waals surface area contributed by atoms with Crippen LogP contribution in [-0.2, 0) is 10.8 Å². The lowest BCUT2D eigenvalue weighted by molar-refractivity contribution is 0.436. The summed E-state index contributed by atoms with van der Waals surface area (Å²) in [5.74, 6) is 1.79. The van der Waals surface area contributed by atoms with E-state index in [2.05, 4.69) is 217 Å². The third-order valence-corrected chi connectivity index (χ3v) is 14.3. The van der Waals surface area contributed by atoms with Gasteiger partial charge in [-0.25, -0.2) is 0 Å². The van der Waals surface area contributed by atoms with Crippen LogP contribution >= 0.6 is 11.8 Å². The minimum absolute atomic E-state index is 0.470. The first kappa shape index (κ1) is 33.0. The summed E-state index contributed by atoms with van der Waals surface area (Å²) in [5, 5.41) is 0. The molecule has 0 fully saturated rings. The number of para-hydroxylation sites is 3. The minimum atomic E-state index is -0.563. The van der Waals surface area contributed by atoms with Crippen molar-refractivity contribution in [2.75, 3.05) is 4.90 Å². The van der Waals surface area contributed by atoms with Gasteiger partial charge in [-0.1, -0.05) is 163 Å². The lowest BCUT2D eigenvalue weighted by Crippen LogP contribution is -2.32. The second kappa shape index (κ2) is 12.2. The average molecular weight is 770 g/mol. The van der Waals surface area contributed by atoms with Gasteiger partial charge in [-0.05, 0) is 116 Å². The minimum Gasteiger partial charge on any atom is -0.457 e. The first-order chi connectivity index (χ1) is 29.3. The van der Waals surface area contributed by atoms with Crippen LogP contribution in [-0.4, -0.2) is 0 Å². The van der Waals surface area contributed by atoms with Gasteiger partial charge in [0.2, 0.25) is 0 Å². The highest BCUT2D eigenvalue weighted by Gasteiger charge is 2.52. The van der Waals surface area contributed by atoms with E-state index in [1.54, 1.807) is 0 Å². The van der Waals surface area contributed by atoms with Crippen LogP contribution in [0.3, 0.4) is 0 Å². The molecule has 3 heteroatoms. The van der Waals surface area contributed by atoms with E-state index >= 15 is 0 Å². The summed E-state index contributed by atoms with van der Waals surface area (Å²) >= 11 is 1.88. The van der Waals surface area contributed by atoms with Gasteiger partial charge in [-0.15, -0.1) is 0 Å². The summed E-state index contributed by atoms with van der Waals surface area (Å²) in [7, 11) is 0. The standard InChI is InChI=1S/C56H35NOS/c1-2-16-36(17-3-1)57(37-30-32-41-39-18-4-6-20-43(39)55(49(41)34-37)45-22-8-12-26-51(45)58-52-27-13-9-23-46(52)55)38-31-33-42-40-19-5-7-21-44(40)56(50(42)35-38)47-24-10-14-28-53(47)59-54-29-15-11-25-48(54)56/h1-35H. The molecule has 0 amide bonds. The fraction of sp³-hybridized carbons (Fsp3) is 0.0357. The van der Waals surface area contributed by atoms with Gasteiger partial charge >= 0.3 is 0 Å². The molecule has 4 aliphatic rings. The lowest BCUT2D eigenvalue weighted by atomic mass is 9.66. The molecule has 276 valence electrons. The Bertz CT molecular complexity index is 2920. The molecule has 2 spiro atoms. The Hall–Kier alpha value is -7.07. The summed E-state index contributed by atoms with van der Waals surface area (Å²) < 4.78 is 6.67. The molecule has 0 aromatic heterocycles. The van der Waals surface area contributed by atoms with Crippen molar-refractivity contribution in [3.8, 4) is 33.8 Å². The third-order valence-electron chi connectivity index (χ3n) is 13.2. The van der Waals surface area contributed by atoms with Gasteiger partial charge < -0.3 is 9.64 Å². The van der Waals surface area contributed by atoms with Gasteiger partial charge in [0.05, 0.1) is 10.8 Å². The summed E-state index contributed by atoms with van der Waals surface area (Å²) in [6.45, 7) is 0. The molecule has 0 saturated carbocycles. The van der Waals surface area contributed by atoms with E-state index in [4.69, 9.17) is 4.74 Å². The zero-order chi connectivity index (χ0) is 38.7. The van der Waals surface area contributed by atoms with Crippen molar-refractivity contribution >= 4 is 28.8 Å². The molecular weight excluding hydrogens is 735 g/mol. The zero-order valence-electron chi connectivity index (χ0n) is 32.0. The van der Waals surface area contributed by atoms with Crippen LogP contribution in [0, 0.1) is 0 Å². The predicted octanol–water partition coefficient (Wildman–Crippen LogP) is 14.5. The number of rotatable bonds is 3. The molecule has 0 radical (unpaired) electrons. The Morgan fingerprint density at radius 2 is 0.695 bits per heavy atom. The van der Waals surface area contributed by atoms with E-state index in [9.17, 15) is 0 Å². The van der Waals surface area contributed by atoms with E-state index in [0.29, 0.717) is 0 Å². The van der Waals surface area contributed by atoms with E-state index in [1.807, 2.05) is 11.8 Å². The molecule has 2 heterocycles. The van der Waals surface area contributed by atoms with Gasteiger partial charge in [-0.2, -0.15) is 0 Å². The molecular formula is C56H35NOS. The largest absolute Gasteiger partial charge is 0.457 e. The lowest BCUT2D eigenvalue weighted by Gasteiger charge is -2.40. The molecule has 0 unspecified atom stereocenters. The molecule has 9 aromatic carbocycles. The third kappa shape index (κ3) is 4.27. The Labute approximate surface area is 348 Å². The summed E-state index contributed by atoms with van der Waals surface area (Å²) in [5.41, 5.74) is 17.6. The second-order valence-corrected chi connectivity index (χ2v) is 17.0. The fourth-order valence-corrected chi connectivity index (χ4v) is 12.2. The average Bonchev–Trinajstić information content (AvgIpc) is 3.75. The van der Waals surface area contributed by atoms with Crippen molar-refractivity contribution in [2.24, 2.45) is 0 Å². The Kier molecular flexibility index (Phi) is 6.83. The highest BCUT2D eigenvalue weighted by molar-refractivity contribution is 7.99. The molecule has 9 aromatic rings. The van der Waals surface area contributed by atoms with Crippen molar-refractivity contribution in [1.29, 1.82) is 0 Å². The van der Waals surface area contributed by atoms with E-state index in [0.717, 1.165) is 39.7 Å². The van der Waals surface area contributed by atoms with Crippen LogP contribution < -0.4 is 9.64 Å². The fourth-order valence-electron chi connectivity index (χ4n) is 11.0. The Morgan fingerprint density at radius 1 is 0.305 bits per heavy atom. The molecule has 2 aliphatic heterocycles. The maximum atomic E-state index is 6.67. The second-order valence-electron chi connectivity index (χ2n) is 15.9. The Morgan fingerprint density at radius 3 is 1.22 bits per heavy atom. The number of benzene rings is 9. The summed E-state index contributed by atoms with van der Waals surface area (Å²) in [6, 6.07) is 78.5. The van der Waals surface area contributed by atoms with Crippen molar-refractivity contribution in [1.82, 2.24) is 0 Å². The van der Waals surface area contributed by atoms with Crippen molar-refractivity contribution in [2.45, 2.75) is 20.6 Å². The quantitative estimate of drug-likeness (QED) is 0.178. The van der Waals surface area contributed by atoms with E-state index < -0.39 is 10.8 Å². The van der Waals surface area contributed by atoms with Crippen LogP contribution in [0.5, 0.6) is 11.5 Å². The number of ether oxygens (including phenoxy) is 1. The zero-order valence-corrected chi connectivity index (χ0v) is 32.8. The number of fused-ring (bicyclic) bond motifs is 18. The Balaban J connectivity index is 1.09. The van der Waals surface area contributed by atoms with Crippen LogP contribution in [0.4, 0.5) is 17.1 Å². The van der Waals surface area contributed by atoms with Gasteiger partial charge in [0.25, 0.3) is 0 Å². The van der Waals surface area contributed by atoms with Crippen LogP contribution in [0.1, 0.15) is 44.5 Å². The number of nitrogens with zero attached hydrogens (tertiary/aromatic N) is 1. The van der Waals surface area contributed by atoms with Crippen LogP contribution in [0.15, 0.2) is 222 Å². The SMILES string of the molecule is c1ccc(N(c2ccc3c(c2)C2(c4ccccc4Oc4ccccc42)c2ccccc2-3)c2ccc3c(c2)C2(c4ccccc4Sc4ccccc42)c2ccccc2-3)cc1. The molecule has 0 saturated heterocycles. The first-order valence-corrected chi connectivity index (χ1v) is 21.2. The van der Waals surface area contributed by atoms with Crippen molar-refractivity contribution in [3.05, 3.63) is 257 Å². The topological polar surface area (TPSA) is 12.5 Å². The van der Waals surface area contributed by atoms with Gasteiger partial charge in [0.1, 0.15) is 11.5 Å². The maximum Gasteiger partial charge on any atom is 0.132 e. The number of anilines is 3. The maximum absolute atomic E-state index is 6.67. The number of hydrogen-bond donors (Lipinski definition) is 0. The van der Waals surface area contributed by atoms with Gasteiger partial charge in [0, 0.05) is 38.0 Å². The molecule has 2 aliphatic carbocycles. The first-order valence-electron chi connectivity index (χ1n) is 20.3.